The summed E-state index contributed by atoms with van der Waals surface area (Å²) < 4.78 is 0. The van der Waals surface area contributed by atoms with Crippen LogP contribution < -0.4 is 5.32 Å². The number of fused-ring (bicyclic) bond motifs is 1. The van der Waals surface area contributed by atoms with E-state index in [1.807, 2.05) is 0 Å². The molecule has 1 unspecified atom stereocenters. The molecule has 86 valence electrons. The molecule has 0 saturated heterocycles. The first-order valence-electron chi connectivity index (χ1n) is 5.54. The Morgan fingerprint density at radius 3 is 3.06 bits per heavy atom. The fourth-order valence-corrected chi connectivity index (χ4v) is 1.95. The molecule has 0 saturated carbocycles. The second-order valence-corrected chi connectivity index (χ2v) is 4.58. The first-order chi connectivity index (χ1) is 7.54. The van der Waals surface area contributed by atoms with E-state index in [2.05, 4.69) is 24.1 Å². The van der Waals surface area contributed by atoms with Gasteiger partial charge in [-0.2, -0.15) is 0 Å². The van der Waals surface area contributed by atoms with Crippen molar-refractivity contribution in [1.29, 1.82) is 0 Å². The number of carbonyl (C=O) groups is 1. The van der Waals surface area contributed by atoms with Gasteiger partial charge < -0.3 is 10.4 Å². The summed E-state index contributed by atoms with van der Waals surface area (Å²) >= 11 is 0. The van der Waals surface area contributed by atoms with E-state index in [9.17, 15) is 4.79 Å². The van der Waals surface area contributed by atoms with Crippen molar-refractivity contribution in [3.63, 3.8) is 0 Å². The maximum absolute atomic E-state index is 10.8. The molecule has 1 aliphatic rings. The lowest BCUT2D eigenvalue weighted by Crippen LogP contribution is -2.38. The molecule has 4 heteroatoms. The molecule has 2 rings (SSSR count). The lowest BCUT2D eigenvalue weighted by molar-refractivity contribution is 0.0696. The highest BCUT2D eigenvalue weighted by molar-refractivity contribution is 5.87. The van der Waals surface area contributed by atoms with Crippen LogP contribution in [0.5, 0.6) is 0 Å². The van der Waals surface area contributed by atoms with E-state index in [-0.39, 0.29) is 11.1 Å². The van der Waals surface area contributed by atoms with E-state index in [4.69, 9.17) is 5.11 Å². The van der Waals surface area contributed by atoms with E-state index < -0.39 is 5.97 Å². The quantitative estimate of drug-likeness (QED) is 0.802. The number of rotatable bonds is 2. The molecule has 2 heterocycles. The number of nitrogens with zero attached hydrogens (tertiary/aromatic N) is 1. The Hall–Kier alpha value is -1.58. The molecule has 0 fully saturated rings. The van der Waals surface area contributed by atoms with Crippen molar-refractivity contribution < 1.29 is 9.90 Å². The Morgan fingerprint density at radius 1 is 1.69 bits per heavy atom. The van der Waals surface area contributed by atoms with Crippen LogP contribution in [0.25, 0.3) is 0 Å². The minimum absolute atomic E-state index is 0.0880. The first kappa shape index (κ1) is 10.9. The lowest BCUT2D eigenvalue weighted by Gasteiger charge is -2.35. The van der Waals surface area contributed by atoms with Crippen molar-refractivity contribution >= 4 is 11.8 Å². The Balaban J connectivity index is 2.32. The molecule has 4 nitrogen and oxygen atoms in total. The monoisotopic (exact) mass is 220 g/mol. The highest BCUT2D eigenvalue weighted by Crippen LogP contribution is 2.31. The number of hydrogen-bond acceptors (Lipinski definition) is 3. The lowest BCUT2D eigenvalue weighted by atomic mass is 9.87. The van der Waals surface area contributed by atoms with Gasteiger partial charge in [-0.3, -0.25) is 0 Å². The van der Waals surface area contributed by atoms with Gasteiger partial charge in [-0.25, -0.2) is 9.78 Å². The molecule has 0 amide bonds. The molecule has 1 atom stereocenters. The Morgan fingerprint density at radius 2 is 2.44 bits per heavy atom. The summed E-state index contributed by atoms with van der Waals surface area (Å²) in [5, 5.41) is 12.3. The molecule has 2 N–H and O–H groups in total. The number of aromatic carboxylic acids is 1. The van der Waals surface area contributed by atoms with Gasteiger partial charge in [-0.1, -0.05) is 6.92 Å². The van der Waals surface area contributed by atoms with E-state index in [0.29, 0.717) is 0 Å². The van der Waals surface area contributed by atoms with E-state index in [0.717, 1.165) is 30.6 Å². The van der Waals surface area contributed by atoms with E-state index in [1.165, 1.54) is 6.20 Å². The average molecular weight is 220 g/mol. The molecule has 1 aromatic heterocycles. The van der Waals surface area contributed by atoms with Crippen LogP contribution in [0.1, 0.15) is 42.6 Å². The molecule has 0 aliphatic carbocycles. The zero-order chi connectivity index (χ0) is 11.8. The van der Waals surface area contributed by atoms with Gasteiger partial charge in [0.2, 0.25) is 0 Å². The predicted molar refractivity (Wildman–Crippen MR) is 61.8 cm³/mol. The first-order valence-corrected chi connectivity index (χ1v) is 5.54. The average Bonchev–Trinajstić information content (AvgIpc) is 2.28. The van der Waals surface area contributed by atoms with Crippen LogP contribution in [0.15, 0.2) is 12.3 Å². The second-order valence-electron chi connectivity index (χ2n) is 4.58. The van der Waals surface area contributed by atoms with Crippen molar-refractivity contribution in [3.05, 3.63) is 23.4 Å². The number of carboxylic acids is 1. The van der Waals surface area contributed by atoms with Crippen molar-refractivity contribution in [2.45, 2.75) is 38.6 Å². The van der Waals surface area contributed by atoms with E-state index in [1.54, 1.807) is 6.07 Å². The molecule has 1 aliphatic heterocycles. The van der Waals surface area contributed by atoms with Crippen molar-refractivity contribution in [1.82, 2.24) is 4.98 Å². The summed E-state index contributed by atoms with van der Waals surface area (Å²) in [5.74, 6) is -0.0836. The Bertz CT molecular complexity index is 431. The molecule has 0 bridgehead atoms. The molecule has 0 spiro atoms. The topological polar surface area (TPSA) is 62.2 Å². The van der Waals surface area contributed by atoms with Gasteiger partial charge >= 0.3 is 5.97 Å². The highest BCUT2D eigenvalue weighted by atomic mass is 16.4. The third kappa shape index (κ3) is 1.87. The summed E-state index contributed by atoms with van der Waals surface area (Å²) in [4.78, 5) is 15.0. The van der Waals surface area contributed by atoms with Crippen molar-refractivity contribution in [2.24, 2.45) is 0 Å². The minimum Gasteiger partial charge on any atom is -0.478 e. The normalized spacial score (nSPS) is 23.4. The van der Waals surface area contributed by atoms with Crippen LogP contribution in [-0.2, 0) is 6.42 Å². The van der Waals surface area contributed by atoms with Crippen LogP contribution in [0, 0.1) is 0 Å². The van der Waals surface area contributed by atoms with Gasteiger partial charge in [-0.15, -0.1) is 0 Å². The van der Waals surface area contributed by atoms with Crippen LogP contribution in [0.3, 0.4) is 0 Å². The van der Waals surface area contributed by atoms with Crippen molar-refractivity contribution in [3.8, 4) is 0 Å². The number of carboxylic acid groups (broad SMARTS) is 1. The Labute approximate surface area is 94.7 Å². The number of hydrogen-bond donors (Lipinski definition) is 2. The van der Waals surface area contributed by atoms with Gasteiger partial charge in [0.15, 0.2) is 0 Å². The fourth-order valence-electron chi connectivity index (χ4n) is 1.95. The number of nitrogens with one attached hydrogen (secondary N) is 1. The maximum atomic E-state index is 10.8. The molecule has 0 aromatic carbocycles. The largest absolute Gasteiger partial charge is 0.478 e. The van der Waals surface area contributed by atoms with Crippen molar-refractivity contribution in [2.75, 3.05) is 5.32 Å². The smallest absolute Gasteiger partial charge is 0.337 e. The van der Waals surface area contributed by atoms with Gasteiger partial charge in [0, 0.05) is 11.7 Å². The second kappa shape index (κ2) is 3.77. The molecular weight excluding hydrogens is 204 g/mol. The number of aromatic nitrogens is 1. The Kier molecular flexibility index (Phi) is 2.58. The maximum Gasteiger partial charge on any atom is 0.337 e. The van der Waals surface area contributed by atoms with Crippen LogP contribution in [-0.4, -0.2) is 21.6 Å². The molecule has 1 aromatic rings. The summed E-state index contributed by atoms with van der Waals surface area (Å²) in [7, 11) is 0. The number of pyridine rings is 1. The summed E-state index contributed by atoms with van der Waals surface area (Å²) in [6.45, 7) is 4.31. The van der Waals surface area contributed by atoms with Gasteiger partial charge in [-0.05, 0) is 37.8 Å². The minimum atomic E-state index is -0.917. The number of aryl methyl sites for hydroxylation is 1. The summed E-state index contributed by atoms with van der Waals surface area (Å²) in [5.41, 5.74) is 1.36. The van der Waals surface area contributed by atoms with Crippen LogP contribution in [0.4, 0.5) is 5.82 Å². The van der Waals surface area contributed by atoms with Gasteiger partial charge in [0.1, 0.15) is 5.82 Å². The van der Waals surface area contributed by atoms with E-state index >= 15 is 0 Å². The zero-order valence-electron chi connectivity index (χ0n) is 9.58. The standard InChI is InChI=1S/C12H16N2O2/c1-3-12(2)5-4-8-6-9(11(15)16)7-13-10(8)14-12/h6-7H,3-5H2,1-2H3,(H,13,14)(H,15,16). The SMILES string of the molecule is CCC1(C)CCc2cc(C(=O)O)cnc2N1. The number of anilines is 1. The molecule has 16 heavy (non-hydrogen) atoms. The molecule has 0 radical (unpaired) electrons. The zero-order valence-corrected chi connectivity index (χ0v) is 9.58. The van der Waals surface area contributed by atoms with Gasteiger partial charge in [0.25, 0.3) is 0 Å². The fraction of sp³-hybridized carbons (Fsp3) is 0.500. The highest BCUT2D eigenvalue weighted by Gasteiger charge is 2.28. The predicted octanol–water partition coefficient (Wildman–Crippen LogP) is 2.31. The third-order valence-electron chi connectivity index (χ3n) is 3.36. The van der Waals surface area contributed by atoms with Crippen LogP contribution in [0.2, 0.25) is 0 Å². The van der Waals surface area contributed by atoms with Gasteiger partial charge in [0.05, 0.1) is 5.56 Å². The van der Waals surface area contributed by atoms with Crippen LogP contribution >= 0.6 is 0 Å². The summed E-state index contributed by atoms with van der Waals surface area (Å²) in [6, 6.07) is 1.72. The summed E-state index contributed by atoms with van der Waals surface area (Å²) in [6.07, 6.45) is 4.35. The third-order valence-corrected chi connectivity index (χ3v) is 3.36. The molecular formula is C12H16N2O2.